The molecular weight excluding hydrogens is 274 g/mol. The van der Waals surface area contributed by atoms with Crippen LogP contribution in [0.4, 0.5) is 0 Å². The van der Waals surface area contributed by atoms with Crippen LogP contribution in [0.5, 0.6) is 5.75 Å². The van der Waals surface area contributed by atoms with Crippen molar-refractivity contribution in [2.24, 2.45) is 5.92 Å². The van der Waals surface area contributed by atoms with Crippen molar-refractivity contribution in [2.75, 3.05) is 26.9 Å². The molecule has 0 saturated carbocycles. The number of hydrogen-bond donors (Lipinski definition) is 2. The molecule has 2 N–H and O–H groups in total. The summed E-state index contributed by atoms with van der Waals surface area (Å²) in [5.74, 6) is -0.516. The smallest absolute Gasteiger partial charge is 0.335 e. The van der Waals surface area contributed by atoms with E-state index in [0.29, 0.717) is 31.9 Å². The number of carboxylic acid groups (broad SMARTS) is 1. The van der Waals surface area contributed by atoms with Gasteiger partial charge in [-0.1, -0.05) is 6.07 Å². The zero-order valence-corrected chi connectivity index (χ0v) is 11.9. The highest BCUT2D eigenvalue weighted by molar-refractivity contribution is 5.88. The Morgan fingerprint density at radius 2 is 2.29 bits per heavy atom. The number of carbonyl (C=O) groups is 2. The maximum absolute atomic E-state index is 11.8. The normalized spacial score (nSPS) is 17.5. The Bertz CT molecular complexity index is 523. The molecule has 1 aliphatic rings. The summed E-state index contributed by atoms with van der Waals surface area (Å²) >= 11 is 0. The van der Waals surface area contributed by atoms with Gasteiger partial charge in [0.05, 0.1) is 25.2 Å². The van der Waals surface area contributed by atoms with Crippen LogP contribution in [0.15, 0.2) is 18.2 Å². The summed E-state index contributed by atoms with van der Waals surface area (Å²) in [5, 5.41) is 11.8. The minimum absolute atomic E-state index is 0.00798. The van der Waals surface area contributed by atoms with Gasteiger partial charge in [0.1, 0.15) is 5.75 Å². The molecule has 0 unspecified atom stereocenters. The Hall–Kier alpha value is -2.08. The number of nitrogens with one attached hydrogen (secondary N) is 1. The lowest BCUT2D eigenvalue weighted by Crippen LogP contribution is -2.32. The van der Waals surface area contributed by atoms with Gasteiger partial charge in [-0.2, -0.15) is 0 Å². The van der Waals surface area contributed by atoms with Crippen LogP contribution in [0.2, 0.25) is 0 Å². The van der Waals surface area contributed by atoms with Gasteiger partial charge in [0.25, 0.3) is 0 Å². The highest BCUT2D eigenvalue weighted by Crippen LogP contribution is 2.20. The summed E-state index contributed by atoms with van der Waals surface area (Å²) < 4.78 is 10.4. The van der Waals surface area contributed by atoms with E-state index in [0.717, 1.165) is 12.0 Å². The fourth-order valence-electron chi connectivity index (χ4n) is 2.29. The molecule has 0 bridgehead atoms. The van der Waals surface area contributed by atoms with Gasteiger partial charge in [-0.25, -0.2) is 4.79 Å². The van der Waals surface area contributed by atoms with Crippen LogP contribution in [0.25, 0.3) is 0 Å². The molecule has 1 saturated heterocycles. The largest absolute Gasteiger partial charge is 0.496 e. The lowest BCUT2D eigenvalue weighted by Gasteiger charge is -2.12. The van der Waals surface area contributed by atoms with Gasteiger partial charge < -0.3 is 19.9 Å². The molecular formula is C15H19NO5. The third-order valence-corrected chi connectivity index (χ3v) is 3.53. The number of ether oxygens (including phenoxy) is 2. The molecule has 6 nitrogen and oxygen atoms in total. The van der Waals surface area contributed by atoms with E-state index in [-0.39, 0.29) is 17.4 Å². The molecule has 1 atom stereocenters. The molecule has 6 heteroatoms. The van der Waals surface area contributed by atoms with Gasteiger partial charge in [-0.3, -0.25) is 4.79 Å². The summed E-state index contributed by atoms with van der Waals surface area (Å²) in [6.45, 7) is 1.61. The van der Waals surface area contributed by atoms with Crippen LogP contribution < -0.4 is 10.1 Å². The van der Waals surface area contributed by atoms with E-state index < -0.39 is 5.97 Å². The molecule has 0 spiro atoms. The molecule has 1 heterocycles. The van der Waals surface area contributed by atoms with Gasteiger partial charge >= 0.3 is 5.97 Å². The number of aromatic carboxylic acids is 1. The first-order valence-electron chi connectivity index (χ1n) is 6.87. The number of hydrogen-bond acceptors (Lipinski definition) is 4. The van der Waals surface area contributed by atoms with Crippen LogP contribution in [0.1, 0.15) is 22.3 Å². The maximum Gasteiger partial charge on any atom is 0.335 e. The van der Waals surface area contributed by atoms with Crippen LogP contribution in [0, 0.1) is 5.92 Å². The van der Waals surface area contributed by atoms with Gasteiger partial charge in [-0.05, 0) is 30.5 Å². The van der Waals surface area contributed by atoms with Crippen molar-refractivity contribution in [1.29, 1.82) is 0 Å². The Morgan fingerprint density at radius 1 is 1.48 bits per heavy atom. The van der Waals surface area contributed by atoms with E-state index in [9.17, 15) is 9.59 Å². The van der Waals surface area contributed by atoms with E-state index in [1.807, 2.05) is 0 Å². The molecule has 1 aromatic carbocycles. The highest BCUT2D eigenvalue weighted by atomic mass is 16.5. The van der Waals surface area contributed by atoms with Crippen LogP contribution in [-0.4, -0.2) is 43.9 Å². The number of methoxy groups -OCH3 is 1. The van der Waals surface area contributed by atoms with Crippen molar-refractivity contribution in [2.45, 2.75) is 12.8 Å². The van der Waals surface area contributed by atoms with E-state index in [4.69, 9.17) is 14.6 Å². The van der Waals surface area contributed by atoms with Crippen molar-refractivity contribution in [1.82, 2.24) is 5.32 Å². The average molecular weight is 293 g/mol. The zero-order valence-electron chi connectivity index (χ0n) is 11.9. The second kappa shape index (κ2) is 7.08. The van der Waals surface area contributed by atoms with Crippen molar-refractivity contribution in [3.8, 4) is 5.75 Å². The molecule has 0 aromatic heterocycles. The van der Waals surface area contributed by atoms with Gasteiger partial charge in [0.2, 0.25) is 5.91 Å². The highest BCUT2D eigenvalue weighted by Gasteiger charge is 2.22. The van der Waals surface area contributed by atoms with Gasteiger partial charge in [-0.15, -0.1) is 0 Å². The SMILES string of the molecule is COc1cc(C(=O)O)ccc1CCNC(=O)[C@@H]1CCOC1. The number of benzene rings is 1. The first kappa shape index (κ1) is 15.3. The van der Waals surface area contributed by atoms with E-state index in [1.54, 1.807) is 6.07 Å². The van der Waals surface area contributed by atoms with Crippen LogP contribution in [0.3, 0.4) is 0 Å². The Labute approximate surface area is 123 Å². The fourth-order valence-corrected chi connectivity index (χ4v) is 2.29. The minimum atomic E-state index is -0.991. The summed E-state index contributed by atoms with van der Waals surface area (Å²) in [7, 11) is 1.50. The van der Waals surface area contributed by atoms with E-state index in [1.165, 1.54) is 19.2 Å². The molecule has 2 rings (SSSR count). The Morgan fingerprint density at radius 3 is 2.90 bits per heavy atom. The zero-order chi connectivity index (χ0) is 15.2. The van der Waals surface area contributed by atoms with Crippen molar-refractivity contribution in [3.05, 3.63) is 29.3 Å². The van der Waals surface area contributed by atoms with Crippen molar-refractivity contribution < 1.29 is 24.2 Å². The Balaban J connectivity index is 1.90. The summed E-state index contributed by atoms with van der Waals surface area (Å²) in [6, 6.07) is 4.74. The van der Waals surface area contributed by atoms with Gasteiger partial charge in [0.15, 0.2) is 0 Å². The third-order valence-electron chi connectivity index (χ3n) is 3.53. The predicted molar refractivity (Wildman–Crippen MR) is 75.6 cm³/mol. The van der Waals surface area contributed by atoms with E-state index >= 15 is 0 Å². The summed E-state index contributed by atoms with van der Waals surface area (Å²) in [6.07, 6.45) is 1.35. The van der Waals surface area contributed by atoms with Crippen molar-refractivity contribution >= 4 is 11.9 Å². The maximum atomic E-state index is 11.8. The van der Waals surface area contributed by atoms with Gasteiger partial charge in [0, 0.05) is 13.2 Å². The first-order valence-corrected chi connectivity index (χ1v) is 6.87. The summed E-state index contributed by atoms with van der Waals surface area (Å²) in [4.78, 5) is 22.7. The number of amides is 1. The topological polar surface area (TPSA) is 84.9 Å². The molecule has 21 heavy (non-hydrogen) atoms. The predicted octanol–water partition coefficient (Wildman–Crippen LogP) is 1.09. The second-order valence-corrected chi connectivity index (χ2v) is 4.93. The fraction of sp³-hybridized carbons (Fsp3) is 0.467. The average Bonchev–Trinajstić information content (AvgIpc) is 3.01. The molecule has 1 aliphatic heterocycles. The molecule has 0 radical (unpaired) electrons. The second-order valence-electron chi connectivity index (χ2n) is 4.93. The molecule has 1 fully saturated rings. The molecule has 114 valence electrons. The number of carboxylic acids is 1. The molecule has 1 amide bonds. The Kier molecular flexibility index (Phi) is 5.16. The summed E-state index contributed by atoms with van der Waals surface area (Å²) in [5.41, 5.74) is 1.05. The number of rotatable bonds is 6. The van der Waals surface area contributed by atoms with Crippen molar-refractivity contribution in [3.63, 3.8) is 0 Å². The minimum Gasteiger partial charge on any atom is -0.496 e. The third kappa shape index (κ3) is 3.95. The lowest BCUT2D eigenvalue weighted by molar-refractivity contribution is -0.124. The first-order chi connectivity index (χ1) is 10.1. The monoisotopic (exact) mass is 293 g/mol. The van der Waals surface area contributed by atoms with Crippen LogP contribution >= 0.6 is 0 Å². The quantitative estimate of drug-likeness (QED) is 0.820. The number of carbonyl (C=O) groups excluding carboxylic acids is 1. The standard InChI is InChI=1S/C15H19NO5/c1-20-13-8-11(15(18)19)3-2-10(13)4-6-16-14(17)12-5-7-21-9-12/h2-3,8,12H,4-7,9H2,1H3,(H,16,17)(H,18,19)/t12-/m1/s1. The van der Waals surface area contributed by atoms with E-state index in [2.05, 4.69) is 5.32 Å². The molecule has 0 aliphatic carbocycles. The molecule has 1 aromatic rings. The lowest BCUT2D eigenvalue weighted by atomic mass is 10.1. The van der Waals surface area contributed by atoms with Crippen LogP contribution in [-0.2, 0) is 16.0 Å².